The second-order valence-electron chi connectivity index (χ2n) is 3.08. The number of aromatic nitrogens is 3. The van der Waals surface area contributed by atoms with Gasteiger partial charge in [0.15, 0.2) is 5.65 Å². The van der Waals surface area contributed by atoms with Gasteiger partial charge in [-0.2, -0.15) is 5.10 Å². The monoisotopic (exact) mass is 192 g/mol. The van der Waals surface area contributed by atoms with Crippen LogP contribution in [0.15, 0.2) is 24.5 Å². The van der Waals surface area contributed by atoms with Crippen LogP contribution in [-0.2, 0) is 0 Å². The standard InChI is InChI=1S/C9H12N4O/c10-3-2-8(14)7-6-9-11-4-1-5-13(9)12-7/h1,4-6,8,14H,2-3,10H2/t8-/m0/s1. The third-order valence-electron chi connectivity index (χ3n) is 2.04. The second kappa shape index (κ2) is 3.73. The lowest BCUT2D eigenvalue weighted by molar-refractivity contribution is 0.165. The van der Waals surface area contributed by atoms with E-state index in [1.54, 1.807) is 29.0 Å². The lowest BCUT2D eigenvalue weighted by Gasteiger charge is -2.03. The molecule has 0 unspecified atom stereocenters. The van der Waals surface area contributed by atoms with Crippen molar-refractivity contribution in [1.82, 2.24) is 14.6 Å². The highest BCUT2D eigenvalue weighted by Gasteiger charge is 2.10. The average molecular weight is 192 g/mol. The largest absolute Gasteiger partial charge is 0.387 e. The third-order valence-corrected chi connectivity index (χ3v) is 2.04. The van der Waals surface area contributed by atoms with Crippen LogP contribution < -0.4 is 5.73 Å². The molecule has 0 spiro atoms. The lowest BCUT2D eigenvalue weighted by atomic mass is 10.2. The number of rotatable bonds is 3. The minimum Gasteiger partial charge on any atom is -0.387 e. The maximum atomic E-state index is 9.64. The van der Waals surface area contributed by atoms with E-state index in [-0.39, 0.29) is 0 Å². The molecule has 5 heteroatoms. The van der Waals surface area contributed by atoms with Gasteiger partial charge in [-0.3, -0.25) is 0 Å². The number of fused-ring (bicyclic) bond motifs is 1. The van der Waals surface area contributed by atoms with E-state index < -0.39 is 6.10 Å². The van der Waals surface area contributed by atoms with Gasteiger partial charge < -0.3 is 10.8 Å². The molecule has 0 aliphatic carbocycles. The molecule has 3 N–H and O–H groups in total. The molecule has 2 heterocycles. The van der Waals surface area contributed by atoms with Crippen molar-refractivity contribution in [3.8, 4) is 0 Å². The second-order valence-corrected chi connectivity index (χ2v) is 3.08. The number of hydrogen-bond acceptors (Lipinski definition) is 4. The van der Waals surface area contributed by atoms with E-state index in [1.165, 1.54) is 0 Å². The van der Waals surface area contributed by atoms with Crippen molar-refractivity contribution < 1.29 is 5.11 Å². The molecule has 0 radical (unpaired) electrons. The first-order chi connectivity index (χ1) is 6.81. The summed E-state index contributed by atoms with van der Waals surface area (Å²) in [5.41, 5.74) is 6.71. The number of aliphatic hydroxyl groups is 1. The van der Waals surface area contributed by atoms with Gasteiger partial charge in [0.25, 0.3) is 0 Å². The zero-order chi connectivity index (χ0) is 9.97. The van der Waals surface area contributed by atoms with Gasteiger partial charge in [-0.1, -0.05) is 0 Å². The van der Waals surface area contributed by atoms with Crippen LogP contribution >= 0.6 is 0 Å². The number of nitrogens with two attached hydrogens (primary N) is 1. The van der Waals surface area contributed by atoms with Crippen molar-refractivity contribution in [3.05, 3.63) is 30.2 Å². The molecule has 74 valence electrons. The van der Waals surface area contributed by atoms with Crippen LogP contribution in [0.5, 0.6) is 0 Å². The van der Waals surface area contributed by atoms with Crippen molar-refractivity contribution in [2.75, 3.05) is 6.54 Å². The maximum Gasteiger partial charge on any atom is 0.155 e. The highest BCUT2D eigenvalue weighted by Crippen LogP contribution is 2.14. The van der Waals surface area contributed by atoms with E-state index in [2.05, 4.69) is 10.1 Å². The molecule has 0 amide bonds. The molecule has 2 rings (SSSR count). The van der Waals surface area contributed by atoms with Crippen LogP contribution in [0.2, 0.25) is 0 Å². The van der Waals surface area contributed by atoms with Crippen molar-refractivity contribution in [3.63, 3.8) is 0 Å². The van der Waals surface area contributed by atoms with Crippen LogP contribution in [0, 0.1) is 0 Å². The van der Waals surface area contributed by atoms with Crippen LogP contribution in [0.25, 0.3) is 5.65 Å². The molecule has 5 nitrogen and oxygen atoms in total. The Kier molecular flexibility index (Phi) is 2.43. The number of hydrogen-bond donors (Lipinski definition) is 2. The van der Waals surface area contributed by atoms with Gasteiger partial charge in [0.1, 0.15) is 0 Å². The third kappa shape index (κ3) is 1.59. The normalized spacial score (nSPS) is 13.3. The first-order valence-electron chi connectivity index (χ1n) is 4.49. The molecule has 0 aromatic carbocycles. The Hall–Kier alpha value is -1.46. The summed E-state index contributed by atoms with van der Waals surface area (Å²) in [7, 11) is 0. The van der Waals surface area contributed by atoms with Gasteiger partial charge in [0, 0.05) is 18.5 Å². The summed E-state index contributed by atoms with van der Waals surface area (Å²) in [4.78, 5) is 4.10. The van der Waals surface area contributed by atoms with Crippen molar-refractivity contribution in [2.45, 2.75) is 12.5 Å². The van der Waals surface area contributed by atoms with Crippen molar-refractivity contribution >= 4 is 5.65 Å². The highest BCUT2D eigenvalue weighted by atomic mass is 16.3. The molecule has 2 aromatic heterocycles. The molecule has 2 aromatic rings. The SMILES string of the molecule is NCC[C@H](O)c1cc2ncccn2n1. The fourth-order valence-corrected chi connectivity index (χ4v) is 1.32. The Morgan fingerprint density at radius 1 is 1.57 bits per heavy atom. The Morgan fingerprint density at radius 3 is 3.14 bits per heavy atom. The average Bonchev–Trinajstić information content (AvgIpc) is 2.61. The molecule has 0 saturated carbocycles. The summed E-state index contributed by atoms with van der Waals surface area (Å²) in [6.07, 6.45) is 3.41. The summed E-state index contributed by atoms with van der Waals surface area (Å²) in [5.74, 6) is 0. The first-order valence-corrected chi connectivity index (χ1v) is 4.49. The summed E-state index contributed by atoms with van der Waals surface area (Å²) in [6.45, 7) is 0.447. The molecule has 1 atom stereocenters. The topological polar surface area (TPSA) is 76.4 Å². The quantitative estimate of drug-likeness (QED) is 0.723. The van der Waals surface area contributed by atoms with Crippen molar-refractivity contribution in [1.29, 1.82) is 0 Å². The van der Waals surface area contributed by atoms with Gasteiger partial charge >= 0.3 is 0 Å². The predicted octanol–water partition coefficient (Wildman–Crippen LogP) is 0.112. The number of aliphatic hydroxyl groups excluding tert-OH is 1. The van der Waals surface area contributed by atoms with Gasteiger partial charge in [-0.05, 0) is 19.0 Å². The minimum absolute atomic E-state index is 0.447. The van der Waals surface area contributed by atoms with Gasteiger partial charge in [-0.15, -0.1) is 0 Å². The Labute approximate surface area is 81.2 Å². The number of nitrogens with zero attached hydrogens (tertiary/aromatic N) is 3. The van der Waals surface area contributed by atoms with Crippen LogP contribution in [0.3, 0.4) is 0 Å². The van der Waals surface area contributed by atoms with Gasteiger partial charge in [0.2, 0.25) is 0 Å². The minimum atomic E-state index is -0.596. The molecule has 0 fully saturated rings. The van der Waals surface area contributed by atoms with Gasteiger partial charge in [-0.25, -0.2) is 9.50 Å². The molecular formula is C9H12N4O. The van der Waals surface area contributed by atoms with Crippen LogP contribution in [-0.4, -0.2) is 26.2 Å². The van der Waals surface area contributed by atoms with E-state index in [0.29, 0.717) is 18.7 Å². The summed E-state index contributed by atoms with van der Waals surface area (Å²) in [6, 6.07) is 3.55. The Morgan fingerprint density at radius 2 is 2.43 bits per heavy atom. The van der Waals surface area contributed by atoms with E-state index in [0.717, 1.165) is 5.65 Å². The molecule has 0 aliphatic heterocycles. The maximum absolute atomic E-state index is 9.64. The molecule has 0 bridgehead atoms. The molecular weight excluding hydrogens is 180 g/mol. The zero-order valence-corrected chi connectivity index (χ0v) is 7.67. The fraction of sp³-hybridized carbons (Fsp3) is 0.333. The smallest absolute Gasteiger partial charge is 0.155 e. The highest BCUT2D eigenvalue weighted by molar-refractivity contribution is 5.38. The Bertz CT molecular complexity index is 392. The summed E-state index contributed by atoms with van der Waals surface area (Å²) >= 11 is 0. The Balaban J connectivity index is 2.35. The summed E-state index contributed by atoms with van der Waals surface area (Å²) < 4.78 is 1.63. The van der Waals surface area contributed by atoms with Crippen molar-refractivity contribution in [2.24, 2.45) is 5.73 Å². The van der Waals surface area contributed by atoms with E-state index >= 15 is 0 Å². The zero-order valence-electron chi connectivity index (χ0n) is 7.67. The lowest BCUT2D eigenvalue weighted by Crippen LogP contribution is -2.07. The van der Waals surface area contributed by atoms with Crippen LogP contribution in [0.4, 0.5) is 0 Å². The molecule has 0 aliphatic rings. The molecule has 14 heavy (non-hydrogen) atoms. The first kappa shape index (κ1) is 9.11. The van der Waals surface area contributed by atoms with E-state index in [4.69, 9.17) is 5.73 Å². The van der Waals surface area contributed by atoms with E-state index in [1.807, 2.05) is 0 Å². The fourth-order valence-electron chi connectivity index (χ4n) is 1.32. The predicted molar refractivity (Wildman–Crippen MR) is 51.6 cm³/mol. The summed E-state index contributed by atoms with van der Waals surface area (Å²) in [5, 5.41) is 13.8. The van der Waals surface area contributed by atoms with Crippen LogP contribution in [0.1, 0.15) is 18.2 Å². The molecule has 0 saturated heterocycles. The van der Waals surface area contributed by atoms with Gasteiger partial charge in [0.05, 0.1) is 11.8 Å². The van der Waals surface area contributed by atoms with E-state index in [9.17, 15) is 5.11 Å².